The van der Waals surface area contributed by atoms with Crippen LogP contribution in [0, 0.1) is 6.92 Å². The molecule has 1 unspecified atom stereocenters. The first-order chi connectivity index (χ1) is 7.54. The summed E-state index contributed by atoms with van der Waals surface area (Å²) < 4.78 is 0. The van der Waals surface area contributed by atoms with Crippen molar-refractivity contribution >= 4 is 21.8 Å². The molecule has 1 N–H and O–H groups in total. The third-order valence-electron chi connectivity index (χ3n) is 2.58. The van der Waals surface area contributed by atoms with Gasteiger partial charge >= 0.3 is 0 Å². The van der Waals surface area contributed by atoms with Crippen molar-refractivity contribution in [2.45, 2.75) is 38.1 Å². The molecule has 0 fully saturated rings. The maximum Gasteiger partial charge on any atom is 0.234 e. The van der Waals surface area contributed by atoms with Gasteiger partial charge in [-0.2, -0.15) is 0 Å². The number of halogens is 1. The molecule has 0 heterocycles. The lowest BCUT2D eigenvalue weighted by Crippen LogP contribution is -2.32. The molecule has 0 aliphatic heterocycles. The van der Waals surface area contributed by atoms with Crippen LogP contribution in [-0.2, 0) is 4.79 Å². The molecule has 3 heteroatoms. The smallest absolute Gasteiger partial charge is 0.234 e. The van der Waals surface area contributed by atoms with Gasteiger partial charge in [-0.3, -0.25) is 4.79 Å². The zero-order chi connectivity index (χ0) is 12.1. The van der Waals surface area contributed by atoms with E-state index in [1.807, 2.05) is 13.8 Å². The number of rotatable bonds is 4. The molecule has 2 atom stereocenters. The molecular formula is C13H18BrNO. The first kappa shape index (κ1) is 13.2. The van der Waals surface area contributed by atoms with Crippen molar-refractivity contribution in [3.63, 3.8) is 0 Å². The van der Waals surface area contributed by atoms with E-state index in [2.05, 4.69) is 52.4 Å². The number of alkyl halides is 1. The third-order valence-corrected chi connectivity index (χ3v) is 3.64. The van der Waals surface area contributed by atoms with Crippen molar-refractivity contribution in [1.82, 2.24) is 5.32 Å². The van der Waals surface area contributed by atoms with Gasteiger partial charge in [-0.25, -0.2) is 0 Å². The lowest BCUT2D eigenvalue weighted by atomic mass is 10.1. The van der Waals surface area contributed by atoms with Gasteiger partial charge in [-0.05, 0) is 25.8 Å². The second-order valence-electron chi connectivity index (χ2n) is 4.02. The Kier molecular flexibility index (Phi) is 5.00. The Morgan fingerprint density at radius 3 is 2.44 bits per heavy atom. The maximum atomic E-state index is 11.7. The van der Waals surface area contributed by atoms with E-state index < -0.39 is 0 Å². The minimum absolute atomic E-state index is 0.0515. The molecule has 1 aromatic carbocycles. The highest BCUT2D eigenvalue weighted by Gasteiger charge is 2.15. The number of amides is 1. The Bertz CT molecular complexity index is 347. The Morgan fingerprint density at radius 2 is 1.94 bits per heavy atom. The summed E-state index contributed by atoms with van der Waals surface area (Å²) >= 11 is 3.34. The largest absolute Gasteiger partial charge is 0.349 e. The lowest BCUT2D eigenvalue weighted by Gasteiger charge is -2.16. The number of benzene rings is 1. The van der Waals surface area contributed by atoms with E-state index in [1.54, 1.807) is 0 Å². The van der Waals surface area contributed by atoms with Crippen molar-refractivity contribution in [2.24, 2.45) is 0 Å². The molecule has 0 aromatic heterocycles. The van der Waals surface area contributed by atoms with Gasteiger partial charge in [0.1, 0.15) is 0 Å². The van der Waals surface area contributed by atoms with Crippen LogP contribution in [0.1, 0.15) is 37.4 Å². The second kappa shape index (κ2) is 6.04. The average Bonchev–Trinajstić information content (AvgIpc) is 2.28. The first-order valence-electron chi connectivity index (χ1n) is 5.55. The molecule has 2 nitrogen and oxygen atoms in total. The van der Waals surface area contributed by atoms with E-state index in [4.69, 9.17) is 0 Å². The van der Waals surface area contributed by atoms with Crippen LogP contribution in [0.4, 0.5) is 0 Å². The summed E-state index contributed by atoms with van der Waals surface area (Å²) in [7, 11) is 0. The molecule has 1 amide bonds. The van der Waals surface area contributed by atoms with E-state index >= 15 is 0 Å². The highest BCUT2D eigenvalue weighted by atomic mass is 79.9. The second-order valence-corrected chi connectivity index (χ2v) is 5.12. The van der Waals surface area contributed by atoms with Crippen LogP contribution in [0.25, 0.3) is 0 Å². The van der Waals surface area contributed by atoms with E-state index in [9.17, 15) is 4.79 Å². The zero-order valence-corrected chi connectivity index (χ0v) is 11.5. The van der Waals surface area contributed by atoms with Crippen LogP contribution in [-0.4, -0.2) is 10.7 Å². The van der Waals surface area contributed by atoms with Gasteiger partial charge in [0.25, 0.3) is 0 Å². The highest BCUT2D eigenvalue weighted by molar-refractivity contribution is 9.10. The standard InChI is InChI=1S/C13H18BrNO/c1-4-12(14)13(16)15-10(3)11-7-5-9(2)6-8-11/h5-8,10,12H,4H2,1-3H3,(H,15,16)/t10-,12?/m0/s1. The van der Waals surface area contributed by atoms with E-state index in [1.165, 1.54) is 5.56 Å². The lowest BCUT2D eigenvalue weighted by molar-refractivity contribution is -0.121. The van der Waals surface area contributed by atoms with Crippen LogP contribution in [0.15, 0.2) is 24.3 Å². The van der Waals surface area contributed by atoms with Crippen LogP contribution >= 0.6 is 15.9 Å². The van der Waals surface area contributed by atoms with Gasteiger partial charge in [-0.1, -0.05) is 52.7 Å². The molecule has 0 spiro atoms. The molecule has 0 saturated carbocycles. The molecule has 0 bridgehead atoms. The summed E-state index contributed by atoms with van der Waals surface area (Å²) in [4.78, 5) is 11.6. The summed E-state index contributed by atoms with van der Waals surface area (Å²) in [6, 6.07) is 8.28. The summed E-state index contributed by atoms with van der Waals surface area (Å²) in [6.07, 6.45) is 0.798. The van der Waals surface area contributed by atoms with Gasteiger partial charge in [0.15, 0.2) is 0 Å². The fraction of sp³-hybridized carbons (Fsp3) is 0.462. The van der Waals surface area contributed by atoms with Gasteiger partial charge in [0, 0.05) is 0 Å². The van der Waals surface area contributed by atoms with Gasteiger partial charge in [0.05, 0.1) is 10.9 Å². The van der Waals surface area contributed by atoms with Gasteiger partial charge < -0.3 is 5.32 Å². The molecule has 16 heavy (non-hydrogen) atoms. The molecule has 88 valence electrons. The minimum Gasteiger partial charge on any atom is -0.349 e. The topological polar surface area (TPSA) is 29.1 Å². The Labute approximate surface area is 106 Å². The number of carbonyl (C=O) groups excluding carboxylic acids is 1. The van der Waals surface area contributed by atoms with Crippen LogP contribution in [0.3, 0.4) is 0 Å². The van der Waals surface area contributed by atoms with E-state index in [-0.39, 0.29) is 16.8 Å². The van der Waals surface area contributed by atoms with Gasteiger partial charge in [0.2, 0.25) is 5.91 Å². The van der Waals surface area contributed by atoms with E-state index in [0.717, 1.165) is 12.0 Å². The van der Waals surface area contributed by atoms with Crippen LogP contribution in [0.5, 0.6) is 0 Å². The van der Waals surface area contributed by atoms with Crippen molar-refractivity contribution in [3.05, 3.63) is 35.4 Å². The first-order valence-corrected chi connectivity index (χ1v) is 6.47. The summed E-state index contributed by atoms with van der Waals surface area (Å²) in [5.41, 5.74) is 2.36. The van der Waals surface area contributed by atoms with Crippen molar-refractivity contribution < 1.29 is 4.79 Å². The predicted octanol–water partition coefficient (Wildman–Crippen LogP) is 3.35. The van der Waals surface area contributed by atoms with Gasteiger partial charge in [-0.15, -0.1) is 0 Å². The molecule has 0 aliphatic rings. The molecular weight excluding hydrogens is 266 g/mol. The monoisotopic (exact) mass is 283 g/mol. The Hall–Kier alpha value is -0.830. The normalized spacial score (nSPS) is 14.2. The summed E-state index contributed by atoms with van der Waals surface area (Å²) in [5, 5.41) is 2.98. The number of hydrogen-bond acceptors (Lipinski definition) is 1. The SMILES string of the molecule is CCC(Br)C(=O)N[C@@H](C)c1ccc(C)cc1. The summed E-state index contributed by atoms with van der Waals surface area (Å²) in [6.45, 7) is 6.03. The molecule has 0 aliphatic carbocycles. The maximum absolute atomic E-state index is 11.7. The fourth-order valence-corrected chi connectivity index (χ4v) is 1.56. The number of aryl methyl sites for hydroxylation is 1. The zero-order valence-electron chi connectivity index (χ0n) is 9.96. The minimum atomic E-state index is -0.0969. The van der Waals surface area contributed by atoms with E-state index in [0.29, 0.717) is 0 Å². The molecule has 1 aromatic rings. The predicted molar refractivity (Wildman–Crippen MR) is 70.7 cm³/mol. The van der Waals surface area contributed by atoms with Crippen molar-refractivity contribution in [2.75, 3.05) is 0 Å². The fourth-order valence-electron chi connectivity index (χ4n) is 1.43. The van der Waals surface area contributed by atoms with Crippen molar-refractivity contribution in [3.8, 4) is 0 Å². The summed E-state index contributed by atoms with van der Waals surface area (Å²) in [5.74, 6) is 0.0515. The van der Waals surface area contributed by atoms with Crippen molar-refractivity contribution in [1.29, 1.82) is 0 Å². The quantitative estimate of drug-likeness (QED) is 0.844. The third kappa shape index (κ3) is 3.63. The number of carbonyl (C=O) groups is 1. The Morgan fingerprint density at radius 1 is 1.38 bits per heavy atom. The molecule has 0 radical (unpaired) electrons. The Balaban J connectivity index is 2.62. The van der Waals surface area contributed by atoms with Crippen LogP contribution in [0.2, 0.25) is 0 Å². The highest BCUT2D eigenvalue weighted by Crippen LogP contribution is 2.14. The molecule has 0 saturated heterocycles. The average molecular weight is 284 g/mol. The van der Waals surface area contributed by atoms with Crippen LogP contribution < -0.4 is 5.32 Å². The molecule has 1 rings (SSSR count). The number of hydrogen-bond donors (Lipinski definition) is 1. The number of nitrogens with one attached hydrogen (secondary N) is 1.